The minimum atomic E-state index is 0.492. The maximum atomic E-state index is 6.05. The van der Waals surface area contributed by atoms with Crippen molar-refractivity contribution >= 4 is 27.9 Å². The van der Waals surface area contributed by atoms with Crippen molar-refractivity contribution in [2.45, 2.75) is 45.2 Å². The highest BCUT2D eigenvalue weighted by atomic mass is 15.1. The van der Waals surface area contributed by atoms with Crippen molar-refractivity contribution in [3.05, 3.63) is 41.7 Å². The lowest BCUT2D eigenvalue weighted by Gasteiger charge is -2.24. The Hall–Kier alpha value is -2.86. The average molecular weight is 374 g/mol. The SMILES string of the molecule is Cc1nc2c(-c3cc4c(CN(C)C5CCCC5)cccc4[nH]3)cc(N)nc2[nH]1. The lowest BCUT2D eigenvalue weighted by molar-refractivity contribution is 0.238. The lowest BCUT2D eigenvalue weighted by atomic mass is 10.1. The third-order valence-electron chi connectivity index (χ3n) is 6.00. The number of hydrogen-bond donors (Lipinski definition) is 3. The Morgan fingerprint density at radius 3 is 2.79 bits per heavy atom. The summed E-state index contributed by atoms with van der Waals surface area (Å²) in [5, 5.41) is 1.26. The Kier molecular flexibility index (Phi) is 4.09. The predicted molar refractivity (Wildman–Crippen MR) is 114 cm³/mol. The molecule has 0 aliphatic heterocycles. The third-order valence-corrected chi connectivity index (χ3v) is 6.00. The Labute approximate surface area is 164 Å². The van der Waals surface area contributed by atoms with Gasteiger partial charge >= 0.3 is 0 Å². The summed E-state index contributed by atoms with van der Waals surface area (Å²) in [5.74, 6) is 1.33. The van der Waals surface area contributed by atoms with Gasteiger partial charge in [0.2, 0.25) is 0 Å². The van der Waals surface area contributed by atoms with Gasteiger partial charge in [-0.1, -0.05) is 25.0 Å². The van der Waals surface area contributed by atoms with E-state index >= 15 is 0 Å². The van der Waals surface area contributed by atoms with E-state index < -0.39 is 0 Å². The van der Waals surface area contributed by atoms with Crippen LogP contribution in [0.1, 0.15) is 37.1 Å². The van der Waals surface area contributed by atoms with Crippen molar-refractivity contribution in [2.24, 2.45) is 0 Å². The minimum absolute atomic E-state index is 0.492. The summed E-state index contributed by atoms with van der Waals surface area (Å²) in [6, 6.07) is 11.3. The second-order valence-electron chi connectivity index (χ2n) is 8.03. The molecule has 0 atom stereocenters. The van der Waals surface area contributed by atoms with Crippen LogP contribution >= 0.6 is 0 Å². The molecule has 1 aliphatic carbocycles. The van der Waals surface area contributed by atoms with E-state index in [9.17, 15) is 0 Å². The standard InChI is InChI=1S/C22H26N6/c1-13-24-21-17(11-20(23)27-22(21)25-13)19-10-16-14(6-5-9-18(16)26-19)12-28(2)15-7-3-4-8-15/h5-6,9-11,15,26H,3-4,7-8,12H2,1-2H3,(H3,23,24,25,27). The number of H-pyrrole nitrogens is 2. The van der Waals surface area contributed by atoms with Gasteiger partial charge in [-0.05, 0) is 50.6 Å². The van der Waals surface area contributed by atoms with Crippen LogP contribution < -0.4 is 5.73 Å². The second-order valence-corrected chi connectivity index (χ2v) is 8.03. The van der Waals surface area contributed by atoms with Crippen LogP contribution in [0.15, 0.2) is 30.3 Å². The molecular weight excluding hydrogens is 348 g/mol. The fourth-order valence-corrected chi connectivity index (χ4v) is 4.57. The largest absolute Gasteiger partial charge is 0.384 e. The number of anilines is 1. The van der Waals surface area contributed by atoms with E-state index in [4.69, 9.17) is 5.73 Å². The van der Waals surface area contributed by atoms with E-state index in [0.29, 0.717) is 11.9 Å². The van der Waals surface area contributed by atoms with Crippen LogP contribution in [0, 0.1) is 6.92 Å². The van der Waals surface area contributed by atoms with E-state index in [2.05, 4.69) is 56.1 Å². The molecular formula is C22H26N6. The van der Waals surface area contributed by atoms with Crippen LogP contribution in [0.2, 0.25) is 0 Å². The predicted octanol–water partition coefficient (Wildman–Crippen LogP) is 4.37. The molecule has 0 radical (unpaired) electrons. The minimum Gasteiger partial charge on any atom is -0.384 e. The smallest absolute Gasteiger partial charge is 0.160 e. The molecule has 6 nitrogen and oxygen atoms in total. The highest BCUT2D eigenvalue weighted by Crippen LogP contribution is 2.32. The van der Waals surface area contributed by atoms with Crippen molar-refractivity contribution < 1.29 is 0 Å². The van der Waals surface area contributed by atoms with Crippen molar-refractivity contribution in [1.29, 1.82) is 0 Å². The highest BCUT2D eigenvalue weighted by molar-refractivity contribution is 5.96. The van der Waals surface area contributed by atoms with Gasteiger partial charge in [0, 0.05) is 34.7 Å². The van der Waals surface area contributed by atoms with Gasteiger partial charge in [0.05, 0.1) is 0 Å². The van der Waals surface area contributed by atoms with Gasteiger partial charge in [-0.2, -0.15) is 0 Å². The Morgan fingerprint density at radius 2 is 1.96 bits per heavy atom. The number of fused-ring (bicyclic) bond motifs is 2. The summed E-state index contributed by atoms with van der Waals surface area (Å²) in [4.78, 5) is 18.3. The molecule has 3 heterocycles. The molecule has 0 unspecified atom stereocenters. The van der Waals surface area contributed by atoms with Crippen LogP contribution in [-0.4, -0.2) is 37.9 Å². The lowest BCUT2D eigenvalue weighted by Crippen LogP contribution is -2.28. The summed E-state index contributed by atoms with van der Waals surface area (Å²) in [7, 11) is 2.25. The first-order valence-electron chi connectivity index (χ1n) is 10.0. The maximum Gasteiger partial charge on any atom is 0.160 e. The molecule has 3 aromatic heterocycles. The van der Waals surface area contributed by atoms with Crippen LogP contribution in [0.5, 0.6) is 0 Å². The number of benzene rings is 1. The van der Waals surface area contributed by atoms with E-state index in [1.807, 2.05) is 13.0 Å². The van der Waals surface area contributed by atoms with Crippen molar-refractivity contribution in [3.63, 3.8) is 0 Å². The van der Waals surface area contributed by atoms with Gasteiger partial charge in [-0.25, -0.2) is 9.97 Å². The molecule has 5 rings (SSSR count). The second kappa shape index (κ2) is 6.63. The monoisotopic (exact) mass is 374 g/mol. The molecule has 1 aromatic carbocycles. The van der Waals surface area contributed by atoms with Crippen LogP contribution in [0.3, 0.4) is 0 Å². The van der Waals surface area contributed by atoms with Gasteiger partial charge in [-0.15, -0.1) is 0 Å². The molecule has 6 heteroatoms. The number of nitrogens with two attached hydrogens (primary N) is 1. The molecule has 1 aliphatic rings. The number of hydrogen-bond acceptors (Lipinski definition) is 4. The molecule has 1 fully saturated rings. The van der Waals surface area contributed by atoms with Crippen molar-refractivity contribution in [2.75, 3.05) is 12.8 Å². The molecule has 0 bridgehead atoms. The summed E-state index contributed by atoms with van der Waals surface area (Å²) in [6.45, 7) is 2.90. The number of aromatic amines is 2. The third kappa shape index (κ3) is 2.94. The number of rotatable bonds is 4. The normalized spacial score (nSPS) is 15.4. The van der Waals surface area contributed by atoms with E-state index in [0.717, 1.165) is 40.3 Å². The first kappa shape index (κ1) is 17.3. The zero-order chi connectivity index (χ0) is 19.3. The molecule has 144 valence electrons. The highest BCUT2D eigenvalue weighted by Gasteiger charge is 2.20. The fraction of sp³-hybridized carbons (Fsp3) is 0.364. The average Bonchev–Trinajstić information content (AvgIpc) is 3.39. The van der Waals surface area contributed by atoms with Gasteiger partial charge in [0.1, 0.15) is 17.2 Å². The Bertz CT molecular complexity index is 1150. The number of nitrogens with zero attached hydrogens (tertiary/aromatic N) is 3. The summed E-state index contributed by atoms with van der Waals surface area (Å²) in [5.41, 5.74) is 12.1. The number of nitrogens with one attached hydrogen (secondary N) is 2. The number of pyridine rings is 1. The molecule has 4 aromatic rings. The molecule has 0 amide bonds. The summed E-state index contributed by atoms with van der Waals surface area (Å²) >= 11 is 0. The van der Waals surface area contributed by atoms with E-state index in [-0.39, 0.29) is 0 Å². The molecule has 1 saturated carbocycles. The fourth-order valence-electron chi connectivity index (χ4n) is 4.57. The van der Waals surface area contributed by atoms with E-state index in [1.165, 1.54) is 36.6 Å². The number of aromatic nitrogens is 4. The molecule has 0 saturated heterocycles. The van der Waals surface area contributed by atoms with Crippen molar-refractivity contribution in [3.8, 4) is 11.3 Å². The maximum absolute atomic E-state index is 6.05. The van der Waals surface area contributed by atoms with E-state index in [1.54, 1.807) is 0 Å². The van der Waals surface area contributed by atoms with Gasteiger partial charge in [-0.3, -0.25) is 4.90 Å². The van der Waals surface area contributed by atoms with Gasteiger partial charge < -0.3 is 15.7 Å². The first-order valence-corrected chi connectivity index (χ1v) is 10.0. The Balaban J connectivity index is 1.57. The first-order chi connectivity index (χ1) is 13.6. The van der Waals surface area contributed by atoms with Gasteiger partial charge in [0.25, 0.3) is 0 Å². The number of aryl methyl sites for hydroxylation is 1. The van der Waals surface area contributed by atoms with Crippen molar-refractivity contribution in [1.82, 2.24) is 24.8 Å². The summed E-state index contributed by atoms with van der Waals surface area (Å²) in [6.07, 6.45) is 5.35. The topological polar surface area (TPSA) is 86.6 Å². The molecule has 0 spiro atoms. The zero-order valence-electron chi connectivity index (χ0n) is 16.4. The summed E-state index contributed by atoms with van der Waals surface area (Å²) < 4.78 is 0. The molecule has 28 heavy (non-hydrogen) atoms. The van der Waals surface area contributed by atoms with Gasteiger partial charge in [0.15, 0.2) is 5.65 Å². The number of imidazole rings is 1. The van der Waals surface area contributed by atoms with Crippen LogP contribution in [0.4, 0.5) is 5.82 Å². The van der Waals surface area contributed by atoms with Crippen LogP contribution in [-0.2, 0) is 6.54 Å². The molecule has 4 N–H and O–H groups in total. The zero-order valence-corrected chi connectivity index (χ0v) is 16.4. The van der Waals surface area contributed by atoms with Crippen LogP contribution in [0.25, 0.3) is 33.3 Å². The Morgan fingerprint density at radius 1 is 1.14 bits per heavy atom. The number of nitrogen functional groups attached to an aromatic ring is 1. The quantitative estimate of drug-likeness (QED) is 0.495.